The minimum absolute atomic E-state index is 0.170. The van der Waals surface area contributed by atoms with E-state index in [0.717, 1.165) is 37.3 Å². The van der Waals surface area contributed by atoms with Crippen LogP contribution < -0.4 is 0 Å². The van der Waals surface area contributed by atoms with E-state index < -0.39 is 11.9 Å². The molecular weight excluding hydrogens is 232 g/mol. The number of carboxylic acid groups (broad SMARTS) is 2. The highest BCUT2D eigenvalue weighted by Crippen LogP contribution is 2.25. The molecule has 0 saturated carbocycles. The van der Waals surface area contributed by atoms with Gasteiger partial charge in [-0.2, -0.15) is 0 Å². The smallest absolute Gasteiger partial charge is 0.336 e. The number of fused-ring (bicyclic) bond motifs is 1. The van der Waals surface area contributed by atoms with Crippen LogP contribution in [0.4, 0.5) is 0 Å². The molecule has 0 aromatic heterocycles. The molecule has 0 radical (unpaired) electrons. The van der Waals surface area contributed by atoms with E-state index in [9.17, 15) is 9.59 Å². The minimum atomic E-state index is -1.25. The molecule has 0 spiro atoms. The molecule has 0 fully saturated rings. The minimum Gasteiger partial charge on any atom is -0.478 e. The van der Waals surface area contributed by atoms with Crippen molar-refractivity contribution in [3.05, 3.63) is 41.0 Å². The summed E-state index contributed by atoms with van der Waals surface area (Å²) in [6.07, 6.45) is 4.95. The molecule has 0 saturated heterocycles. The summed E-state index contributed by atoms with van der Waals surface area (Å²) in [5, 5.41) is 17.7. The van der Waals surface area contributed by atoms with Gasteiger partial charge in [0.15, 0.2) is 0 Å². The molecule has 94 valence electrons. The number of aryl methyl sites for hydroxylation is 2. The van der Waals surface area contributed by atoms with Gasteiger partial charge in [0.05, 0.1) is 5.57 Å². The molecule has 1 aliphatic rings. The van der Waals surface area contributed by atoms with Gasteiger partial charge in [0.1, 0.15) is 0 Å². The van der Waals surface area contributed by atoms with Gasteiger partial charge in [-0.1, -0.05) is 18.2 Å². The number of hydrogen-bond acceptors (Lipinski definition) is 2. The maximum Gasteiger partial charge on any atom is 0.336 e. The Bertz CT molecular complexity index is 529. The Hall–Kier alpha value is -2.10. The first kappa shape index (κ1) is 12.4. The van der Waals surface area contributed by atoms with Crippen molar-refractivity contribution in [3.63, 3.8) is 0 Å². The first-order valence-electron chi connectivity index (χ1n) is 5.88. The first-order valence-corrected chi connectivity index (χ1v) is 5.88. The zero-order chi connectivity index (χ0) is 13.1. The standard InChI is InChI=1S/C14H14O4/c15-13(16)8-12(14(17)18)11-6-5-9-3-1-2-4-10(9)7-11/h5-8H,1-4H2,(H,15,16)(H,17,18)/b12-8-. The molecule has 0 aliphatic heterocycles. The number of carbonyl (C=O) groups is 2. The van der Waals surface area contributed by atoms with Crippen molar-refractivity contribution in [2.75, 3.05) is 0 Å². The fourth-order valence-corrected chi connectivity index (χ4v) is 2.29. The van der Waals surface area contributed by atoms with Gasteiger partial charge in [-0.3, -0.25) is 0 Å². The maximum atomic E-state index is 11.1. The number of aliphatic carboxylic acids is 2. The number of carboxylic acids is 2. The molecule has 0 unspecified atom stereocenters. The van der Waals surface area contributed by atoms with Gasteiger partial charge in [-0.25, -0.2) is 9.59 Å². The highest BCUT2D eigenvalue weighted by molar-refractivity contribution is 6.19. The lowest BCUT2D eigenvalue weighted by Crippen LogP contribution is -2.07. The molecule has 0 amide bonds. The second-order valence-electron chi connectivity index (χ2n) is 4.39. The number of hydrogen-bond donors (Lipinski definition) is 2. The largest absolute Gasteiger partial charge is 0.478 e. The second-order valence-corrected chi connectivity index (χ2v) is 4.39. The average Bonchev–Trinajstić information content (AvgIpc) is 2.35. The van der Waals surface area contributed by atoms with Crippen LogP contribution in [0, 0.1) is 0 Å². The van der Waals surface area contributed by atoms with E-state index >= 15 is 0 Å². The molecule has 1 aromatic carbocycles. The van der Waals surface area contributed by atoms with Crippen LogP contribution in [0.5, 0.6) is 0 Å². The third-order valence-corrected chi connectivity index (χ3v) is 3.16. The summed E-state index contributed by atoms with van der Waals surface area (Å²) < 4.78 is 0. The van der Waals surface area contributed by atoms with Crippen LogP contribution in [-0.4, -0.2) is 22.2 Å². The van der Waals surface area contributed by atoms with E-state index in [2.05, 4.69) is 0 Å². The predicted molar refractivity (Wildman–Crippen MR) is 66.3 cm³/mol. The van der Waals surface area contributed by atoms with Crippen molar-refractivity contribution >= 4 is 17.5 Å². The molecular formula is C14H14O4. The van der Waals surface area contributed by atoms with Crippen molar-refractivity contribution < 1.29 is 19.8 Å². The van der Waals surface area contributed by atoms with Crippen LogP contribution in [0.1, 0.15) is 29.5 Å². The van der Waals surface area contributed by atoms with Crippen LogP contribution in [0.15, 0.2) is 24.3 Å². The fraction of sp³-hybridized carbons (Fsp3) is 0.286. The summed E-state index contributed by atoms with van der Waals surface area (Å²) in [6, 6.07) is 5.40. The van der Waals surface area contributed by atoms with Gasteiger partial charge >= 0.3 is 11.9 Å². The lowest BCUT2D eigenvalue weighted by Gasteiger charge is -2.16. The van der Waals surface area contributed by atoms with Crippen LogP contribution in [-0.2, 0) is 22.4 Å². The monoisotopic (exact) mass is 246 g/mol. The summed E-state index contributed by atoms with van der Waals surface area (Å²) in [6.45, 7) is 0. The number of benzene rings is 1. The van der Waals surface area contributed by atoms with Crippen LogP contribution in [0.2, 0.25) is 0 Å². The topological polar surface area (TPSA) is 74.6 Å². The van der Waals surface area contributed by atoms with E-state index in [1.807, 2.05) is 6.07 Å². The molecule has 0 heterocycles. The molecule has 2 N–H and O–H groups in total. The zero-order valence-electron chi connectivity index (χ0n) is 9.85. The molecule has 2 rings (SSSR count). The van der Waals surface area contributed by atoms with Crippen LogP contribution in [0.25, 0.3) is 5.57 Å². The van der Waals surface area contributed by atoms with Crippen LogP contribution in [0.3, 0.4) is 0 Å². The molecule has 1 aromatic rings. The van der Waals surface area contributed by atoms with Crippen LogP contribution >= 0.6 is 0 Å². The average molecular weight is 246 g/mol. The van der Waals surface area contributed by atoms with E-state index in [-0.39, 0.29) is 5.57 Å². The summed E-state index contributed by atoms with van der Waals surface area (Å²) >= 11 is 0. The van der Waals surface area contributed by atoms with Crippen molar-refractivity contribution in [1.29, 1.82) is 0 Å². The van der Waals surface area contributed by atoms with E-state index in [1.54, 1.807) is 12.1 Å². The summed E-state index contributed by atoms with van der Waals surface area (Å²) in [7, 11) is 0. The molecule has 0 bridgehead atoms. The Morgan fingerprint density at radius 3 is 2.33 bits per heavy atom. The summed E-state index contributed by atoms with van der Waals surface area (Å²) in [5.41, 5.74) is 2.67. The van der Waals surface area contributed by atoms with Gasteiger partial charge < -0.3 is 10.2 Å². The first-order chi connectivity index (χ1) is 8.58. The maximum absolute atomic E-state index is 11.1. The third-order valence-electron chi connectivity index (χ3n) is 3.16. The lowest BCUT2D eigenvalue weighted by atomic mass is 9.89. The molecule has 4 nitrogen and oxygen atoms in total. The highest BCUT2D eigenvalue weighted by atomic mass is 16.4. The Kier molecular flexibility index (Phi) is 3.46. The predicted octanol–water partition coefficient (Wildman–Crippen LogP) is 2.12. The lowest BCUT2D eigenvalue weighted by molar-refractivity contribution is -0.133. The molecule has 1 aliphatic carbocycles. The second kappa shape index (κ2) is 5.04. The van der Waals surface area contributed by atoms with Gasteiger partial charge in [-0.05, 0) is 42.4 Å². The Labute approximate surface area is 105 Å². The van der Waals surface area contributed by atoms with E-state index in [0.29, 0.717) is 5.56 Å². The molecule has 18 heavy (non-hydrogen) atoms. The number of rotatable bonds is 3. The SMILES string of the molecule is O=C(O)/C=C(\C(=O)O)c1ccc2c(c1)CCCC2. The van der Waals surface area contributed by atoms with Crippen molar-refractivity contribution in [2.45, 2.75) is 25.7 Å². The quantitative estimate of drug-likeness (QED) is 0.801. The van der Waals surface area contributed by atoms with Crippen molar-refractivity contribution in [3.8, 4) is 0 Å². The van der Waals surface area contributed by atoms with Gasteiger partial charge in [-0.15, -0.1) is 0 Å². The fourth-order valence-electron chi connectivity index (χ4n) is 2.29. The summed E-state index contributed by atoms with van der Waals surface area (Å²) in [5.74, 6) is -2.46. The van der Waals surface area contributed by atoms with Gasteiger partial charge in [0.25, 0.3) is 0 Å². The van der Waals surface area contributed by atoms with Crippen molar-refractivity contribution in [2.24, 2.45) is 0 Å². The van der Waals surface area contributed by atoms with Gasteiger partial charge in [0, 0.05) is 6.08 Å². The third kappa shape index (κ3) is 2.59. The van der Waals surface area contributed by atoms with Gasteiger partial charge in [0.2, 0.25) is 0 Å². The Morgan fingerprint density at radius 2 is 1.72 bits per heavy atom. The van der Waals surface area contributed by atoms with E-state index in [1.165, 1.54) is 5.56 Å². The Morgan fingerprint density at radius 1 is 1.06 bits per heavy atom. The summed E-state index contributed by atoms with van der Waals surface area (Å²) in [4.78, 5) is 21.7. The zero-order valence-corrected chi connectivity index (χ0v) is 9.85. The molecule has 0 atom stereocenters. The van der Waals surface area contributed by atoms with Crippen molar-refractivity contribution in [1.82, 2.24) is 0 Å². The normalized spacial score (nSPS) is 15.0. The molecule has 4 heteroatoms. The Balaban J connectivity index is 2.43. The highest BCUT2D eigenvalue weighted by Gasteiger charge is 2.15. The van der Waals surface area contributed by atoms with E-state index in [4.69, 9.17) is 10.2 Å².